The van der Waals surface area contributed by atoms with E-state index in [1.165, 1.54) is 12.1 Å². The molecule has 0 spiro atoms. The van der Waals surface area contributed by atoms with Crippen LogP contribution in [0.15, 0.2) is 65.6 Å². The van der Waals surface area contributed by atoms with Gasteiger partial charge in [-0.15, -0.1) is 0 Å². The number of pyridine rings is 1. The molecule has 0 fully saturated rings. The van der Waals surface area contributed by atoms with Gasteiger partial charge < -0.3 is 0 Å². The first-order chi connectivity index (χ1) is 11.3. The highest BCUT2D eigenvalue weighted by Gasteiger charge is 2.16. The lowest BCUT2D eigenvalue weighted by molar-refractivity contribution is 0.628. The summed E-state index contributed by atoms with van der Waals surface area (Å²) in [5.41, 5.74) is 3.03. The number of nitrogens with zero attached hydrogens (tertiary/aromatic N) is 4. The van der Waals surface area contributed by atoms with Gasteiger partial charge in [-0.2, -0.15) is 11.3 Å². The molecule has 4 aromatic rings. The molecule has 0 N–H and O–H groups in total. The van der Waals surface area contributed by atoms with Gasteiger partial charge in [0.2, 0.25) is 5.95 Å². The Kier molecular flexibility index (Phi) is 3.44. The van der Waals surface area contributed by atoms with Crippen LogP contribution in [0.2, 0.25) is 0 Å². The van der Waals surface area contributed by atoms with Crippen molar-refractivity contribution in [3.05, 3.63) is 71.4 Å². The lowest BCUT2D eigenvalue weighted by Crippen LogP contribution is -2.12. The number of thiophene rings is 1. The van der Waals surface area contributed by atoms with Crippen LogP contribution in [0, 0.1) is 5.82 Å². The first-order valence-corrected chi connectivity index (χ1v) is 7.91. The zero-order valence-electron chi connectivity index (χ0n) is 11.9. The van der Waals surface area contributed by atoms with Gasteiger partial charge in [0.25, 0.3) is 0 Å². The fourth-order valence-electron chi connectivity index (χ4n) is 2.35. The monoisotopic (exact) mass is 322 g/mol. The minimum Gasteiger partial charge on any atom is -0.278 e. The van der Waals surface area contributed by atoms with E-state index in [1.807, 2.05) is 39.9 Å². The smallest absolute Gasteiger partial charge is 0.235 e. The van der Waals surface area contributed by atoms with Gasteiger partial charge in [0.15, 0.2) is 0 Å². The highest BCUT2D eigenvalue weighted by molar-refractivity contribution is 7.08. The van der Waals surface area contributed by atoms with Gasteiger partial charge in [-0.05, 0) is 41.8 Å². The zero-order chi connectivity index (χ0) is 15.6. The lowest BCUT2D eigenvalue weighted by Gasteiger charge is -2.21. The van der Waals surface area contributed by atoms with E-state index < -0.39 is 0 Å². The quantitative estimate of drug-likeness (QED) is 0.548. The van der Waals surface area contributed by atoms with Gasteiger partial charge in [0, 0.05) is 11.6 Å². The number of aromatic nitrogens is 3. The fraction of sp³-hybridized carbons (Fsp3) is 0. The second-order valence-corrected chi connectivity index (χ2v) is 5.65. The van der Waals surface area contributed by atoms with E-state index in [0.717, 1.165) is 16.7 Å². The van der Waals surface area contributed by atoms with E-state index in [9.17, 15) is 4.39 Å². The number of fused-ring (bicyclic) bond motifs is 1. The fourth-order valence-corrected chi connectivity index (χ4v) is 2.97. The number of rotatable bonds is 3. The lowest BCUT2D eigenvalue weighted by atomic mass is 10.2. The third kappa shape index (κ3) is 2.64. The Morgan fingerprint density at radius 1 is 0.957 bits per heavy atom. The van der Waals surface area contributed by atoms with Gasteiger partial charge in [-0.1, -0.05) is 6.07 Å². The van der Waals surface area contributed by atoms with Crippen LogP contribution in [0.4, 0.5) is 21.7 Å². The molecule has 112 valence electrons. The van der Waals surface area contributed by atoms with Gasteiger partial charge in [0.05, 0.1) is 23.1 Å². The molecule has 0 amide bonds. The third-order valence-corrected chi connectivity index (χ3v) is 4.04. The molecule has 0 saturated heterocycles. The number of hydrogen-bond acceptors (Lipinski definition) is 5. The van der Waals surface area contributed by atoms with Crippen LogP contribution in [-0.2, 0) is 0 Å². The summed E-state index contributed by atoms with van der Waals surface area (Å²) in [5, 5.41) is 3.94. The Morgan fingerprint density at radius 3 is 2.74 bits per heavy atom. The number of anilines is 3. The number of halogens is 1. The molecule has 0 aliphatic rings. The van der Waals surface area contributed by atoms with Crippen LogP contribution in [-0.4, -0.2) is 15.0 Å². The van der Waals surface area contributed by atoms with E-state index in [1.54, 1.807) is 29.8 Å². The molecule has 0 aliphatic heterocycles. The van der Waals surface area contributed by atoms with Gasteiger partial charge in [0.1, 0.15) is 11.3 Å². The Balaban J connectivity index is 1.90. The predicted molar refractivity (Wildman–Crippen MR) is 89.9 cm³/mol. The number of benzene rings is 1. The zero-order valence-corrected chi connectivity index (χ0v) is 12.7. The Morgan fingerprint density at radius 2 is 1.91 bits per heavy atom. The highest BCUT2D eigenvalue weighted by Crippen LogP contribution is 2.34. The molecule has 3 heterocycles. The topological polar surface area (TPSA) is 41.9 Å². The molecule has 23 heavy (non-hydrogen) atoms. The molecule has 0 unspecified atom stereocenters. The second-order valence-electron chi connectivity index (χ2n) is 4.87. The maximum Gasteiger partial charge on any atom is 0.235 e. The molecule has 0 radical (unpaired) electrons. The van der Waals surface area contributed by atoms with Crippen molar-refractivity contribution in [2.45, 2.75) is 0 Å². The Bertz CT molecular complexity index is 956. The van der Waals surface area contributed by atoms with Gasteiger partial charge >= 0.3 is 0 Å². The van der Waals surface area contributed by atoms with E-state index in [2.05, 4.69) is 15.0 Å². The van der Waals surface area contributed by atoms with E-state index in [-0.39, 0.29) is 5.82 Å². The summed E-state index contributed by atoms with van der Waals surface area (Å²) >= 11 is 1.56. The third-order valence-electron chi connectivity index (χ3n) is 3.37. The molecule has 3 aromatic heterocycles. The van der Waals surface area contributed by atoms with Crippen LogP contribution in [0.1, 0.15) is 0 Å². The van der Waals surface area contributed by atoms with Crippen molar-refractivity contribution in [1.29, 1.82) is 0 Å². The average molecular weight is 322 g/mol. The van der Waals surface area contributed by atoms with Crippen molar-refractivity contribution < 1.29 is 4.39 Å². The average Bonchev–Trinajstić information content (AvgIpc) is 3.09. The normalized spacial score (nSPS) is 10.8. The second kappa shape index (κ2) is 5.73. The summed E-state index contributed by atoms with van der Waals surface area (Å²) in [4.78, 5) is 15.0. The molecule has 0 aliphatic carbocycles. The van der Waals surface area contributed by atoms with Crippen molar-refractivity contribution in [3.8, 4) is 0 Å². The van der Waals surface area contributed by atoms with E-state index in [4.69, 9.17) is 0 Å². The van der Waals surface area contributed by atoms with Crippen molar-refractivity contribution >= 4 is 39.7 Å². The van der Waals surface area contributed by atoms with Crippen LogP contribution in [0.3, 0.4) is 0 Å². The van der Waals surface area contributed by atoms with E-state index in [0.29, 0.717) is 11.6 Å². The van der Waals surface area contributed by atoms with Crippen molar-refractivity contribution in [3.63, 3.8) is 0 Å². The SMILES string of the molecule is Fc1cccc(N(c2ccsc2)c2ncc3ncccc3n2)c1. The van der Waals surface area contributed by atoms with Crippen molar-refractivity contribution in [1.82, 2.24) is 15.0 Å². The Labute approximate surface area is 135 Å². The van der Waals surface area contributed by atoms with Crippen molar-refractivity contribution in [2.75, 3.05) is 4.90 Å². The van der Waals surface area contributed by atoms with Gasteiger partial charge in [-0.25, -0.2) is 14.4 Å². The first kappa shape index (κ1) is 13.8. The largest absolute Gasteiger partial charge is 0.278 e. The first-order valence-electron chi connectivity index (χ1n) is 6.97. The molecular formula is C17H11FN4S. The summed E-state index contributed by atoms with van der Waals surface area (Å²) in [7, 11) is 0. The highest BCUT2D eigenvalue weighted by atomic mass is 32.1. The summed E-state index contributed by atoms with van der Waals surface area (Å²) in [6.45, 7) is 0. The summed E-state index contributed by atoms with van der Waals surface area (Å²) in [6, 6.07) is 12.0. The molecular weight excluding hydrogens is 311 g/mol. The summed E-state index contributed by atoms with van der Waals surface area (Å²) in [5.74, 6) is 0.180. The van der Waals surface area contributed by atoms with Crippen LogP contribution < -0.4 is 4.90 Å². The maximum absolute atomic E-state index is 13.7. The van der Waals surface area contributed by atoms with E-state index >= 15 is 0 Å². The van der Waals surface area contributed by atoms with Crippen LogP contribution in [0.25, 0.3) is 11.0 Å². The van der Waals surface area contributed by atoms with Crippen LogP contribution in [0.5, 0.6) is 0 Å². The molecule has 4 rings (SSSR count). The molecule has 1 aromatic carbocycles. The molecule has 4 nitrogen and oxygen atoms in total. The maximum atomic E-state index is 13.7. The van der Waals surface area contributed by atoms with Crippen LogP contribution >= 0.6 is 11.3 Å². The minimum absolute atomic E-state index is 0.301. The summed E-state index contributed by atoms with van der Waals surface area (Å²) in [6.07, 6.45) is 3.38. The standard InChI is InChI=1S/C17H11FN4S/c18-12-3-1-4-13(9-12)22(14-6-8-23-11-14)17-20-10-16-15(21-17)5-2-7-19-16/h1-11H. The summed E-state index contributed by atoms with van der Waals surface area (Å²) < 4.78 is 13.7. The Hall–Kier alpha value is -2.86. The van der Waals surface area contributed by atoms with Crippen molar-refractivity contribution in [2.24, 2.45) is 0 Å². The minimum atomic E-state index is -0.301. The molecule has 6 heteroatoms. The van der Waals surface area contributed by atoms with Gasteiger partial charge in [-0.3, -0.25) is 9.88 Å². The molecule has 0 saturated carbocycles. The predicted octanol–water partition coefficient (Wildman–Crippen LogP) is 4.70. The molecule has 0 bridgehead atoms. The number of hydrogen-bond donors (Lipinski definition) is 0. The molecule has 0 atom stereocenters.